The molecule has 0 aromatic heterocycles. The van der Waals surface area contributed by atoms with E-state index in [1.807, 2.05) is 36.4 Å². The first-order valence-electron chi connectivity index (χ1n) is 10.3. The van der Waals surface area contributed by atoms with Gasteiger partial charge in [-0.1, -0.05) is 120 Å². The molecule has 0 saturated carbocycles. The third-order valence-electron chi connectivity index (χ3n) is 5.21. The Morgan fingerprint density at radius 2 is 0.700 bits per heavy atom. The second kappa shape index (κ2) is 9.53. The van der Waals surface area contributed by atoms with Crippen molar-refractivity contribution < 1.29 is 9.78 Å². The average Bonchev–Trinajstić information content (AvgIpc) is 2.80. The van der Waals surface area contributed by atoms with Crippen LogP contribution in [0.5, 0.6) is 0 Å². The van der Waals surface area contributed by atoms with Gasteiger partial charge < -0.3 is 0 Å². The van der Waals surface area contributed by atoms with E-state index in [1.54, 1.807) is 0 Å². The van der Waals surface area contributed by atoms with Crippen LogP contribution in [0.3, 0.4) is 0 Å². The number of hydrogen-bond acceptors (Lipinski definition) is 2. The Morgan fingerprint density at radius 3 is 1.03 bits per heavy atom. The monoisotopic (exact) mass is 394 g/mol. The highest BCUT2D eigenvalue weighted by atomic mass is 17.2. The Bertz CT molecular complexity index is 950. The van der Waals surface area contributed by atoms with Crippen LogP contribution in [0.2, 0.25) is 0 Å². The molecule has 0 radical (unpaired) electrons. The minimum atomic E-state index is -0.316. The molecule has 2 nitrogen and oxygen atoms in total. The minimum Gasteiger partial charge on any atom is -0.223 e. The maximum absolute atomic E-state index is 6.16. The molecule has 0 aliphatic heterocycles. The van der Waals surface area contributed by atoms with E-state index in [-0.39, 0.29) is 12.2 Å². The summed E-state index contributed by atoms with van der Waals surface area (Å²) in [6, 6.07) is 37.2. The zero-order chi connectivity index (χ0) is 20.8. The van der Waals surface area contributed by atoms with Crippen molar-refractivity contribution in [2.24, 2.45) is 0 Å². The van der Waals surface area contributed by atoms with Crippen molar-refractivity contribution in [3.8, 4) is 0 Å². The summed E-state index contributed by atoms with van der Waals surface area (Å²) < 4.78 is 0. The fourth-order valence-electron chi connectivity index (χ4n) is 3.46. The van der Waals surface area contributed by atoms with Gasteiger partial charge in [0.2, 0.25) is 0 Å². The molecule has 2 atom stereocenters. The SMILES string of the molecule is Cc1ccc(C(OOC(c2ccccc2)c2ccc(C)cc2)c2ccccc2)cc1. The third kappa shape index (κ3) is 4.85. The van der Waals surface area contributed by atoms with Gasteiger partial charge in [-0.15, -0.1) is 0 Å². The molecule has 2 heteroatoms. The quantitative estimate of drug-likeness (QED) is 0.245. The predicted octanol–water partition coefficient (Wildman–Crippen LogP) is 7.13. The first-order chi connectivity index (χ1) is 14.7. The normalized spacial score (nSPS) is 13.0. The van der Waals surface area contributed by atoms with Crippen LogP contribution in [-0.4, -0.2) is 0 Å². The molecule has 0 aliphatic carbocycles. The maximum atomic E-state index is 6.16. The number of aryl methyl sites for hydroxylation is 2. The highest BCUT2D eigenvalue weighted by Gasteiger charge is 2.21. The molecule has 4 rings (SSSR count). The van der Waals surface area contributed by atoms with Crippen LogP contribution < -0.4 is 0 Å². The van der Waals surface area contributed by atoms with Crippen LogP contribution in [-0.2, 0) is 9.78 Å². The lowest BCUT2D eigenvalue weighted by Gasteiger charge is -2.23. The van der Waals surface area contributed by atoms with Crippen LogP contribution in [0, 0.1) is 13.8 Å². The van der Waals surface area contributed by atoms with Crippen LogP contribution in [0.15, 0.2) is 109 Å². The molecule has 0 saturated heterocycles. The topological polar surface area (TPSA) is 18.5 Å². The highest BCUT2D eigenvalue weighted by molar-refractivity contribution is 5.33. The molecule has 30 heavy (non-hydrogen) atoms. The van der Waals surface area contributed by atoms with E-state index in [1.165, 1.54) is 11.1 Å². The molecule has 0 fully saturated rings. The number of rotatable bonds is 7. The van der Waals surface area contributed by atoms with Gasteiger partial charge in [0.05, 0.1) is 0 Å². The van der Waals surface area contributed by atoms with Crippen molar-refractivity contribution >= 4 is 0 Å². The molecule has 4 aromatic rings. The van der Waals surface area contributed by atoms with Gasteiger partial charge in [0.25, 0.3) is 0 Å². The predicted molar refractivity (Wildman–Crippen MR) is 121 cm³/mol. The van der Waals surface area contributed by atoms with Gasteiger partial charge in [-0.05, 0) is 36.1 Å². The van der Waals surface area contributed by atoms with E-state index >= 15 is 0 Å². The standard InChI is InChI=1S/C28H26O2/c1-21-13-17-25(18-14-21)27(23-9-5-3-6-10-23)29-30-28(24-11-7-4-8-12-24)26-19-15-22(2)16-20-26/h3-20,27-28H,1-2H3. The lowest BCUT2D eigenvalue weighted by atomic mass is 10.0. The maximum Gasteiger partial charge on any atom is 0.143 e. The molecule has 2 unspecified atom stereocenters. The molecule has 150 valence electrons. The van der Waals surface area contributed by atoms with Crippen molar-refractivity contribution in [2.75, 3.05) is 0 Å². The van der Waals surface area contributed by atoms with Gasteiger partial charge in [-0.3, -0.25) is 0 Å². The van der Waals surface area contributed by atoms with Gasteiger partial charge in [-0.2, -0.15) is 0 Å². The van der Waals surface area contributed by atoms with E-state index in [9.17, 15) is 0 Å². The molecular formula is C28H26O2. The summed E-state index contributed by atoms with van der Waals surface area (Å²) >= 11 is 0. The fraction of sp³-hybridized carbons (Fsp3) is 0.143. The van der Waals surface area contributed by atoms with E-state index in [2.05, 4.69) is 86.6 Å². The molecule has 0 aliphatic rings. The fourth-order valence-corrected chi connectivity index (χ4v) is 3.46. The van der Waals surface area contributed by atoms with Gasteiger partial charge in [-0.25, -0.2) is 9.78 Å². The van der Waals surface area contributed by atoms with E-state index in [0.29, 0.717) is 0 Å². The summed E-state index contributed by atoms with van der Waals surface area (Å²) in [4.78, 5) is 12.3. The van der Waals surface area contributed by atoms with Crippen molar-refractivity contribution in [3.63, 3.8) is 0 Å². The van der Waals surface area contributed by atoms with Crippen molar-refractivity contribution in [2.45, 2.75) is 26.1 Å². The van der Waals surface area contributed by atoms with Gasteiger partial charge >= 0.3 is 0 Å². The summed E-state index contributed by atoms with van der Waals surface area (Å²) in [6.07, 6.45) is -0.632. The van der Waals surface area contributed by atoms with Gasteiger partial charge in [0.15, 0.2) is 0 Å². The Labute approximate surface area is 178 Å². The second-order valence-corrected chi connectivity index (χ2v) is 7.60. The largest absolute Gasteiger partial charge is 0.223 e. The molecule has 0 amide bonds. The molecular weight excluding hydrogens is 368 g/mol. The zero-order valence-corrected chi connectivity index (χ0v) is 17.4. The lowest BCUT2D eigenvalue weighted by molar-refractivity contribution is -0.340. The summed E-state index contributed by atoms with van der Waals surface area (Å²) in [5, 5.41) is 0. The van der Waals surface area contributed by atoms with Crippen LogP contribution in [0.25, 0.3) is 0 Å². The third-order valence-corrected chi connectivity index (χ3v) is 5.21. The minimum absolute atomic E-state index is 0.316. The molecule has 0 spiro atoms. The summed E-state index contributed by atoms with van der Waals surface area (Å²) in [5.41, 5.74) is 6.65. The van der Waals surface area contributed by atoms with Crippen LogP contribution in [0.1, 0.15) is 45.6 Å². The molecule has 0 heterocycles. The van der Waals surface area contributed by atoms with Crippen LogP contribution in [0.4, 0.5) is 0 Å². The summed E-state index contributed by atoms with van der Waals surface area (Å²) in [7, 11) is 0. The Kier molecular flexibility index (Phi) is 6.38. The number of benzene rings is 4. The first-order valence-corrected chi connectivity index (χ1v) is 10.3. The number of hydrogen-bond donors (Lipinski definition) is 0. The Balaban J connectivity index is 1.65. The van der Waals surface area contributed by atoms with Crippen molar-refractivity contribution in [1.29, 1.82) is 0 Å². The Morgan fingerprint density at radius 1 is 0.400 bits per heavy atom. The van der Waals surface area contributed by atoms with E-state index in [4.69, 9.17) is 9.78 Å². The Hall–Kier alpha value is -3.20. The first kappa shape index (κ1) is 20.1. The molecule has 4 aromatic carbocycles. The molecule has 0 N–H and O–H groups in total. The van der Waals surface area contributed by atoms with Crippen molar-refractivity contribution in [1.82, 2.24) is 0 Å². The zero-order valence-electron chi connectivity index (χ0n) is 17.4. The second-order valence-electron chi connectivity index (χ2n) is 7.60. The molecule has 0 bridgehead atoms. The smallest absolute Gasteiger partial charge is 0.143 e. The van der Waals surface area contributed by atoms with E-state index < -0.39 is 0 Å². The summed E-state index contributed by atoms with van der Waals surface area (Å²) in [5.74, 6) is 0. The summed E-state index contributed by atoms with van der Waals surface area (Å²) in [6.45, 7) is 4.17. The highest BCUT2D eigenvalue weighted by Crippen LogP contribution is 2.32. The van der Waals surface area contributed by atoms with Crippen LogP contribution >= 0.6 is 0 Å². The van der Waals surface area contributed by atoms with Gasteiger partial charge in [0.1, 0.15) is 12.2 Å². The lowest BCUT2D eigenvalue weighted by Crippen LogP contribution is -2.12. The van der Waals surface area contributed by atoms with Gasteiger partial charge in [0, 0.05) is 0 Å². The van der Waals surface area contributed by atoms with Crippen molar-refractivity contribution in [3.05, 3.63) is 143 Å². The average molecular weight is 395 g/mol. The van der Waals surface area contributed by atoms with E-state index in [0.717, 1.165) is 22.3 Å².